The zero-order chi connectivity index (χ0) is 24.1. The first-order valence-corrected chi connectivity index (χ1v) is 11.2. The molecule has 0 spiro atoms. The highest BCUT2D eigenvalue weighted by Gasteiger charge is 2.47. The van der Waals surface area contributed by atoms with Crippen LogP contribution in [0.1, 0.15) is 37.6 Å². The highest BCUT2D eigenvalue weighted by atomic mass is 16.5. The van der Waals surface area contributed by atoms with E-state index >= 15 is 0 Å². The summed E-state index contributed by atoms with van der Waals surface area (Å²) in [6.07, 6.45) is 2.42. The van der Waals surface area contributed by atoms with Gasteiger partial charge in [0, 0.05) is 23.5 Å². The molecular formula is C27H26N2O5. The van der Waals surface area contributed by atoms with E-state index in [4.69, 9.17) is 9.47 Å². The van der Waals surface area contributed by atoms with Crippen molar-refractivity contribution in [2.75, 3.05) is 18.1 Å². The molecule has 0 bridgehead atoms. The fourth-order valence-electron chi connectivity index (χ4n) is 3.91. The monoisotopic (exact) mass is 458 g/mol. The number of anilines is 1. The predicted molar refractivity (Wildman–Crippen MR) is 129 cm³/mol. The number of hydrogen-bond acceptors (Lipinski definition) is 6. The van der Waals surface area contributed by atoms with Crippen LogP contribution < -0.4 is 14.4 Å². The molecule has 1 saturated heterocycles. The molecule has 7 heteroatoms. The van der Waals surface area contributed by atoms with E-state index in [0.29, 0.717) is 41.7 Å². The third-order valence-electron chi connectivity index (χ3n) is 5.40. The van der Waals surface area contributed by atoms with Gasteiger partial charge in [0.25, 0.3) is 11.7 Å². The first-order chi connectivity index (χ1) is 16.5. The number of nitrogens with zero attached hydrogens (tertiary/aromatic N) is 2. The van der Waals surface area contributed by atoms with Gasteiger partial charge in [0.15, 0.2) is 0 Å². The number of aromatic nitrogens is 1. The second kappa shape index (κ2) is 10.2. The number of pyridine rings is 1. The van der Waals surface area contributed by atoms with Gasteiger partial charge >= 0.3 is 0 Å². The summed E-state index contributed by atoms with van der Waals surface area (Å²) in [4.78, 5) is 32.3. The van der Waals surface area contributed by atoms with Crippen LogP contribution in [0, 0.1) is 0 Å². The largest absolute Gasteiger partial charge is 0.507 e. The fourth-order valence-corrected chi connectivity index (χ4v) is 3.91. The molecule has 1 aliphatic heterocycles. The number of ketones is 1. The Morgan fingerprint density at radius 2 is 1.74 bits per heavy atom. The van der Waals surface area contributed by atoms with Crippen LogP contribution in [0.4, 0.5) is 5.69 Å². The van der Waals surface area contributed by atoms with Gasteiger partial charge in [-0.25, -0.2) is 0 Å². The Morgan fingerprint density at radius 3 is 2.44 bits per heavy atom. The van der Waals surface area contributed by atoms with Crippen LogP contribution in [0.25, 0.3) is 5.76 Å². The zero-order valence-corrected chi connectivity index (χ0v) is 19.1. The van der Waals surface area contributed by atoms with Gasteiger partial charge in [-0.05, 0) is 49.7 Å². The lowest BCUT2D eigenvalue weighted by Crippen LogP contribution is -2.29. The Bertz CT molecular complexity index is 1220. The van der Waals surface area contributed by atoms with Crippen molar-refractivity contribution in [2.45, 2.75) is 26.3 Å². The summed E-state index contributed by atoms with van der Waals surface area (Å²) in [7, 11) is 0. The molecule has 174 valence electrons. The van der Waals surface area contributed by atoms with Crippen molar-refractivity contribution in [1.29, 1.82) is 0 Å². The lowest BCUT2D eigenvalue weighted by Gasteiger charge is -2.25. The van der Waals surface area contributed by atoms with Gasteiger partial charge in [-0.15, -0.1) is 0 Å². The highest BCUT2D eigenvalue weighted by molar-refractivity contribution is 6.51. The number of benzene rings is 2. The predicted octanol–water partition coefficient (Wildman–Crippen LogP) is 4.90. The van der Waals surface area contributed by atoms with Crippen molar-refractivity contribution in [3.8, 4) is 11.5 Å². The molecule has 0 saturated carbocycles. The van der Waals surface area contributed by atoms with Crippen molar-refractivity contribution in [2.24, 2.45) is 0 Å². The topological polar surface area (TPSA) is 89.0 Å². The minimum absolute atomic E-state index is 0.0295. The number of hydrogen-bond donors (Lipinski definition) is 1. The van der Waals surface area contributed by atoms with Gasteiger partial charge < -0.3 is 14.6 Å². The van der Waals surface area contributed by atoms with E-state index in [1.54, 1.807) is 72.9 Å². The van der Waals surface area contributed by atoms with Gasteiger partial charge in [-0.2, -0.15) is 0 Å². The standard InChI is InChI=1S/C27H26N2O5/c1-3-15-34-20-11-7-9-18(16-20)25(30)23-24(22-13-5-6-14-28-22)29(27(32)26(23)31)19-10-8-12-21(17-19)33-4-2/h5-14,16-17,24,30H,3-4,15H2,1-2H3/b25-23+. The molecule has 1 aromatic heterocycles. The van der Waals surface area contributed by atoms with Gasteiger partial charge in [0.2, 0.25) is 0 Å². The molecule has 7 nitrogen and oxygen atoms in total. The minimum atomic E-state index is -0.904. The highest BCUT2D eigenvalue weighted by Crippen LogP contribution is 2.42. The molecule has 0 aliphatic carbocycles. The van der Waals surface area contributed by atoms with Crippen LogP contribution in [-0.4, -0.2) is 35.0 Å². The summed E-state index contributed by atoms with van der Waals surface area (Å²) in [5, 5.41) is 11.3. The quantitative estimate of drug-likeness (QED) is 0.294. The van der Waals surface area contributed by atoms with E-state index in [0.717, 1.165) is 6.42 Å². The molecule has 3 aromatic rings. The minimum Gasteiger partial charge on any atom is -0.507 e. The van der Waals surface area contributed by atoms with E-state index in [1.165, 1.54) is 4.90 Å². The van der Waals surface area contributed by atoms with E-state index in [9.17, 15) is 14.7 Å². The number of Topliss-reactive ketones (excluding diaryl/α,β-unsaturated/α-hetero) is 1. The fraction of sp³-hybridized carbons (Fsp3) is 0.222. The van der Waals surface area contributed by atoms with E-state index in [-0.39, 0.29) is 11.3 Å². The normalized spacial score (nSPS) is 17.1. The number of carbonyl (C=O) groups excluding carboxylic acids is 2. The third-order valence-corrected chi connectivity index (χ3v) is 5.40. The molecule has 4 rings (SSSR count). The Balaban J connectivity index is 1.86. The molecule has 1 atom stereocenters. The van der Waals surface area contributed by atoms with Crippen molar-refractivity contribution in [3.63, 3.8) is 0 Å². The van der Waals surface area contributed by atoms with Gasteiger partial charge in [0.05, 0.1) is 24.5 Å². The summed E-state index contributed by atoms with van der Waals surface area (Å²) in [5.41, 5.74) is 1.29. The Hall–Kier alpha value is -4.13. The first-order valence-electron chi connectivity index (χ1n) is 11.2. The number of amides is 1. The molecule has 2 aromatic carbocycles. The summed E-state index contributed by atoms with van der Waals surface area (Å²) in [5.74, 6) is -0.667. The molecule has 34 heavy (non-hydrogen) atoms. The van der Waals surface area contributed by atoms with Gasteiger partial charge in [-0.1, -0.05) is 31.2 Å². The van der Waals surface area contributed by atoms with E-state index < -0.39 is 17.7 Å². The van der Waals surface area contributed by atoms with Gasteiger partial charge in [0.1, 0.15) is 23.3 Å². The first kappa shape index (κ1) is 23.0. The number of rotatable bonds is 8. The smallest absolute Gasteiger partial charge is 0.300 e. The van der Waals surface area contributed by atoms with Crippen molar-refractivity contribution in [3.05, 3.63) is 89.8 Å². The molecule has 1 unspecified atom stereocenters. The SMILES string of the molecule is CCCOc1cccc(/C(O)=C2\C(=O)C(=O)N(c3cccc(OCC)c3)C2c2ccccn2)c1. The third kappa shape index (κ3) is 4.50. The second-order valence-corrected chi connectivity index (χ2v) is 7.73. The molecule has 2 heterocycles. The van der Waals surface area contributed by atoms with Crippen LogP contribution in [0.2, 0.25) is 0 Å². The van der Waals surface area contributed by atoms with Crippen LogP contribution in [0.3, 0.4) is 0 Å². The van der Waals surface area contributed by atoms with Crippen LogP contribution in [0.5, 0.6) is 11.5 Å². The average Bonchev–Trinajstić information content (AvgIpc) is 3.13. The molecular weight excluding hydrogens is 432 g/mol. The van der Waals surface area contributed by atoms with Crippen molar-refractivity contribution >= 4 is 23.1 Å². The average molecular weight is 459 g/mol. The van der Waals surface area contributed by atoms with Crippen LogP contribution in [-0.2, 0) is 9.59 Å². The zero-order valence-electron chi connectivity index (χ0n) is 19.1. The molecule has 1 fully saturated rings. The van der Waals surface area contributed by atoms with Crippen molar-refractivity contribution in [1.82, 2.24) is 4.98 Å². The summed E-state index contributed by atoms with van der Waals surface area (Å²) >= 11 is 0. The lowest BCUT2D eigenvalue weighted by molar-refractivity contribution is -0.132. The van der Waals surface area contributed by atoms with Crippen LogP contribution >= 0.6 is 0 Å². The summed E-state index contributed by atoms with van der Waals surface area (Å²) in [6, 6.07) is 18.1. The second-order valence-electron chi connectivity index (χ2n) is 7.73. The van der Waals surface area contributed by atoms with Gasteiger partial charge in [-0.3, -0.25) is 19.5 Å². The Morgan fingerprint density at radius 1 is 0.971 bits per heavy atom. The summed E-state index contributed by atoms with van der Waals surface area (Å²) < 4.78 is 11.3. The molecule has 0 radical (unpaired) electrons. The molecule has 1 aliphatic rings. The lowest BCUT2D eigenvalue weighted by atomic mass is 9.98. The Kier molecular flexibility index (Phi) is 6.92. The van der Waals surface area contributed by atoms with Crippen LogP contribution in [0.15, 0.2) is 78.5 Å². The number of ether oxygens (including phenoxy) is 2. The summed E-state index contributed by atoms with van der Waals surface area (Å²) in [6.45, 7) is 4.85. The maximum absolute atomic E-state index is 13.3. The van der Waals surface area contributed by atoms with E-state index in [2.05, 4.69) is 4.98 Å². The van der Waals surface area contributed by atoms with E-state index in [1.807, 2.05) is 13.8 Å². The Labute approximate surface area is 198 Å². The number of aliphatic hydroxyl groups is 1. The number of carbonyl (C=O) groups is 2. The molecule has 1 N–H and O–H groups in total. The maximum atomic E-state index is 13.3. The maximum Gasteiger partial charge on any atom is 0.300 e. The molecule has 1 amide bonds. The van der Waals surface area contributed by atoms with Crippen molar-refractivity contribution < 1.29 is 24.2 Å². The number of aliphatic hydroxyl groups excluding tert-OH is 1.